The SMILES string of the molecule is N#Cc1ccc2c3c([nH]c2c1)C1(CCOCC1)c1cc(OCCC2COCCN2)ccc1C3=O. The molecule has 7 nitrogen and oxygen atoms in total. The topological polar surface area (TPSA) is 96.4 Å². The summed E-state index contributed by atoms with van der Waals surface area (Å²) in [5.41, 5.74) is 4.47. The van der Waals surface area contributed by atoms with Crippen molar-refractivity contribution < 1.29 is 19.0 Å². The zero-order valence-electron chi connectivity index (χ0n) is 19.0. The van der Waals surface area contributed by atoms with E-state index in [1.165, 1.54) is 0 Å². The average molecular weight is 458 g/mol. The van der Waals surface area contributed by atoms with E-state index in [1.807, 2.05) is 24.3 Å². The monoisotopic (exact) mass is 457 g/mol. The Kier molecular flexibility index (Phi) is 5.37. The Labute approximate surface area is 198 Å². The standard InChI is InChI=1S/C27H27N3O4/c28-15-17-1-3-21-23(13-17)30-26-24(21)25(31)20-4-2-19(34-9-5-18-16-33-12-8-29-18)14-22(20)27(26)6-10-32-11-7-27/h1-4,13-14,18,29-30H,5-12,16H2. The molecule has 2 fully saturated rings. The first-order chi connectivity index (χ1) is 16.7. The summed E-state index contributed by atoms with van der Waals surface area (Å²) < 4.78 is 17.4. The van der Waals surface area contributed by atoms with Crippen LogP contribution in [0.15, 0.2) is 36.4 Å². The molecule has 0 bridgehead atoms. The fourth-order valence-corrected chi connectivity index (χ4v) is 5.70. The van der Waals surface area contributed by atoms with Crippen molar-refractivity contribution in [2.75, 3.05) is 39.6 Å². The number of benzene rings is 2. The predicted octanol–water partition coefficient (Wildman–Crippen LogP) is 3.44. The molecule has 1 atom stereocenters. The summed E-state index contributed by atoms with van der Waals surface area (Å²) >= 11 is 0. The summed E-state index contributed by atoms with van der Waals surface area (Å²) in [6, 6.07) is 13.9. The normalized spacial score (nSPS) is 21.1. The third-order valence-corrected chi connectivity index (χ3v) is 7.46. The van der Waals surface area contributed by atoms with Gasteiger partial charge < -0.3 is 24.5 Å². The first kappa shape index (κ1) is 21.4. The van der Waals surface area contributed by atoms with Gasteiger partial charge in [0.2, 0.25) is 0 Å². The van der Waals surface area contributed by atoms with Gasteiger partial charge in [0.1, 0.15) is 5.75 Å². The Balaban J connectivity index is 1.38. The third-order valence-electron chi connectivity index (χ3n) is 7.46. The van der Waals surface area contributed by atoms with Gasteiger partial charge in [-0.25, -0.2) is 0 Å². The maximum atomic E-state index is 13.7. The minimum Gasteiger partial charge on any atom is -0.494 e. The molecule has 1 aliphatic carbocycles. The summed E-state index contributed by atoms with van der Waals surface area (Å²) in [5, 5.41) is 13.7. The molecule has 6 rings (SSSR count). The number of aromatic amines is 1. The van der Waals surface area contributed by atoms with Gasteiger partial charge >= 0.3 is 0 Å². The minimum atomic E-state index is -0.346. The van der Waals surface area contributed by atoms with Crippen molar-refractivity contribution in [1.29, 1.82) is 5.26 Å². The number of ether oxygens (including phenoxy) is 3. The Morgan fingerprint density at radius 2 is 2.00 bits per heavy atom. The maximum absolute atomic E-state index is 13.7. The smallest absolute Gasteiger partial charge is 0.195 e. The maximum Gasteiger partial charge on any atom is 0.195 e. The molecule has 3 heterocycles. The second kappa shape index (κ2) is 8.55. The summed E-state index contributed by atoms with van der Waals surface area (Å²) in [6.07, 6.45) is 2.43. The number of aromatic nitrogens is 1. The number of hydrogen-bond donors (Lipinski definition) is 2. The summed E-state index contributed by atoms with van der Waals surface area (Å²) in [6.45, 7) is 4.18. The molecule has 174 valence electrons. The molecule has 1 unspecified atom stereocenters. The van der Waals surface area contributed by atoms with Crippen LogP contribution in [0.1, 0.15) is 52.0 Å². The highest BCUT2D eigenvalue weighted by atomic mass is 16.5. The highest BCUT2D eigenvalue weighted by Gasteiger charge is 2.47. The van der Waals surface area contributed by atoms with E-state index >= 15 is 0 Å². The number of H-pyrrole nitrogens is 1. The van der Waals surface area contributed by atoms with Crippen LogP contribution >= 0.6 is 0 Å². The van der Waals surface area contributed by atoms with Gasteiger partial charge in [-0.2, -0.15) is 5.26 Å². The van der Waals surface area contributed by atoms with E-state index in [-0.39, 0.29) is 11.2 Å². The summed E-state index contributed by atoms with van der Waals surface area (Å²) in [5.74, 6) is 0.800. The van der Waals surface area contributed by atoms with Crippen molar-refractivity contribution >= 4 is 16.7 Å². The van der Waals surface area contributed by atoms with E-state index in [2.05, 4.69) is 22.4 Å². The zero-order chi connectivity index (χ0) is 23.1. The largest absolute Gasteiger partial charge is 0.494 e. The highest BCUT2D eigenvalue weighted by molar-refractivity contribution is 6.20. The molecule has 3 aromatic rings. The van der Waals surface area contributed by atoms with Crippen molar-refractivity contribution in [2.24, 2.45) is 0 Å². The van der Waals surface area contributed by atoms with Gasteiger partial charge in [0.05, 0.1) is 37.0 Å². The molecule has 1 aromatic heterocycles. The lowest BCUT2D eigenvalue weighted by Crippen LogP contribution is -2.42. The molecule has 34 heavy (non-hydrogen) atoms. The Bertz CT molecular complexity index is 1290. The number of fused-ring (bicyclic) bond motifs is 6. The lowest BCUT2D eigenvalue weighted by Gasteiger charge is -2.41. The molecule has 0 saturated carbocycles. The van der Waals surface area contributed by atoms with E-state index in [9.17, 15) is 10.1 Å². The lowest BCUT2D eigenvalue weighted by atomic mass is 9.64. The Morgan fingerprint density at radius 1 is 1.12 bits per heavy atom. The van der Waals surface area contributed by atoms with Crippen LogP contribution in [-0.4, -0.2) is 56.4 Å². The van der Waals surface area contributed by atoms with Crippen LogP contribution in [0.25, 0.3) is 10.9 Å². The van der Waals surface area contributed by atoms with Crippen molar-refractivity contribution in [1.82, 2.24) is 10.3 Å². The minimum absolute atomic E-state index is 0.0215. The van der Waals surface area contributed by atoms with Gasteiger partial charge in [0.25, 0.3) is 0 Å². The predicted molar refractivity (Wildman–Crippen MR) is 126 cm³/mol. The Morgan fingerprint density at radius 3 is 2.79 bits per heavy atom. The summed E-state index contributed by atoms with van der Waals surface area (Å²) in [4.78, 5) is 17.3. The van der Waals surface area contributed by atoms with Crippen molar-refractivity contribution in [3.63, 3.8) is 0 Å². The number of carbonyl (C=O) groups is 1. The quantitative estimate of drug-likeness (QED) is 0.623. The molecule has 3 aliphatic rings. The Hall–Kier alpha value is -3.18. The molecule has 7 heteroatoms. The molecule has 2 aliphatic heterocycles. The van der Waals surface area contributed by atoms with Crippen molar-refractivity contribution in [3.8, 4) is 11.8 Å². The number of morpholine rings is 1. The molecule has 2 aromatic carbocycles. The number of carbonyl (C=O) groups excluding carboxylic acids is 1. The first-order valence-electron chi connectivity index (χ1n) is 12.0. The summed E-state index contributed by atoms with van der Waals surface area (Å²) in [7, 11) is 0. The van der Waals surface area contributed by atoms with Crippen molar-refractivity contribution in [2.45, 2.75) is 30.7 Å². The van der Waals surface area contributed by atoms with Gasteiger partial charge in [-0.3, -0.25) is 4.79 Å². The third kappa shape index (κ3) is 3.41. The molecule has 2 saturated heterocycles. The van der Waals surface area contributed by atoms with E-state index in [0.29, 0.717) is 38.0 Å². The first-order valence-corrected chi connectivity index (χ1v) is 12.0. The van der Waals surface area contributed by atoms with Crippen LogP contribution in [0.5, 0.6) is 5.75 Å². The van der Waals surface area contributed by atoms with Gasteiger partial charge in [0, 0.05) is 53.4 Å². The fourth-order valence-electron chi connectivity index (χ4n) is 5.70. The average Bonchev–Trinajstić information content (AvgIpc) is 3.28. The molecule has 2 N–H and O–H groups in total. The second-order valence-electron chi connectivity index (χ2n) is 9.34. The van der Waals surface area contributed by atoms with Crippen LogP contribution in [0.4, 0.5) is 0 Å². The lowest BCUT2D eigenvalue weighted by molar-refractivity contribution is 0.0600. The van der Waals surface area contributed by atoms with E-state index < -0.39 is 0 Å². The van der Waals surface area contributed by atoms with Gasteiger partial charge in [-0.1, -0.05) is 6.07 Å². The van der Waals surface area contributed by atoms with Gasteiger partial charge in [0.15, 0.2) is 5.78 Å². The van der Waals surface area contributed by atoms with E-state index in [1.54, 1.807) is 6.07 Å². The van der Waals surface area contributed by atoms with Gasteiger partial charge in [-0.15, -0.1) is 0 Å². The van der Waals surface area contributed by atoms with Crippen LogP contribution in [0, 0.1) is 11.3 Å². The zero-order valence-corrected chi connectivity index (χ0v) is 19.0. The van der Waals surface area contributed by atoms with E-state index in [0.717, 1.165) is 71.5 Å². The van der Waals surface area contributed by atoms with Crippen LogP contribution in [0.3, 0.4) is 0 Å². The van der Waals surface area contributed by atoms with Crippen LogP contribution in [0.2, 0.25) is 0 Å². The fraction of sp³-hybridized carbons (Fsp3) is 0.407. The number of nitrogens with zero attached hydrogens (tertiary/aromatic N) is 1. The van der Waals surface area contributed by atoms with Crippen LogP contribution in [-0.2, 0) is 14.9 Å². The second-order valence-corrected chi connectivity index (χ2v) is 9.34. The number of rotatable bonds is 4. The number of ketones is 1. The molecule has 1 spiro atoms. The molecule has 0 amide bonds. The van der Waals surface area contributed by atoms with Gasteiger partial charge in [-0.05, 0) is 55.2 Å². The molecular weight excluding hydrogens is 430 g/mol. The molecular formula is C27H27N3O4. The van der Waals surface area contributed by atoms with Crippen LogP contribution < -0.4 is 10.1 Å². The number of nitrogens with one attached hydrogen (secondary N) is 2. The number of nitriles is 1. The highest BCUT2D eigenvalue weighted by Crippen LogP contribution is 2.50. The number of hydrogen-bond acceptors (Lipinski definition) is 6. The van der Waals surface area contributed by atoms with E-state index in [4.69, 9.17) is 14.2 Å². The van der Waals surface area contributed by atoms with Crippen molar-refractivity contribution in [3.05, 3.63) is 64.3 Å². The molecule has 0 radical (unpaired) electrons.